The number of halogens is 1. The molecule has 1 atom stereocenters. The summed E-state index contributed by atoms with van der Waals surface area (Å²) in [6.07, 6.45) is 0. The van der Waals surface area contributed by atoms with Gasteiger partial charge in [0, 0.05) is 5.56 Å². The van der Waals surface area contributed by atoms with Crippen LogP contribution in [0, 0.1) is 0 Å². The second-order valence-electron chi connectivity index (χ2n) is 2.99. The van der Waals surface area contributed by atoms with E-state index in [9.17, 15) is 12.8 Å². The number of hydrogen-bond donors (Lipinski definition) is 0. The molecule has 0 aliphatic heterocycles. The van der Waals surface area contributed by atoms with Crippen LogP contribution in [0.1, 0.15) is 18.0 Å². The lowest BCUT2D eigenvalue weighted by atomic mass is 10.2. The van der Waals surface area contributed by atoms with E-state index in [-0.39, 0.29) is 12.2 Å². The first-order valence-corrected chi connectivity index (χ1v) is 6.14. The average Bonchev–Trinajstić information content (AvgIpc) is 2.28. The van der Waals surface area contributed by atoms with Crippen LogP contribution in [-0.2, 0) is 14.3 Å². The van der Waals surface area contributed by atoms with Crippen LogP contribution in [0.3, 0.4) is 0 Å². The van der Waals surface area contributed by atoms with Gasteiger partial charge in [0.15, 0.2) is 0 Å². The number of rotatable bonds is 5. The number of hydrogen-bond acceptors (Lipinski definition) is 4. The zero-order valence-electron chi connectivity index (χ0n) is 9.01. The predicted molar refractivity (Wildman–Crippen MR) is 57.4 cm³/mol. The zero-order chi connectivity index (χ0) is 12.2. The zero-order valence-corrected chi connectivity index (χ0v) is 9.83. The summed E-state index contributed by atoms with van der Waals surface area (Å²) < 4.78 is 45.3. The van der Waals surface area contributed by atoms with E-state index >= 15 is 0 Å². The Morgan fingerprint density at radius 1 is 1.31 bits per heavy atom. The Morgan fingerprint density at radius 3 is 2.31 bits per heavy atom. The van der Waals surface area contributed by atoms with Crippen LogP contribution >= 0.6 is 0 Å². The Bertz CT molecular complexity index is 427. The van der Waals surface area contributed by atoms with Crippen molar-refractivity contribution in [2.24, 2.45) is 0 Å². The molecule has 0 aliphatic carbocycles. The van der Waals surface area contributed by atoms with Gasteiger partial charge < -0.3 is 4.74 Å². The van der Waals surface area contributed by atoms with E-state index in [1.54, 1.807) is 0 Å². The Kier molecular flexibility index (Phi) is 4.26. The molecule has 16 heavy (non-hydrogen) atoms. The summed E-state index contributed by atoms with van der Waals surface area (Å²) >= 11 is 0. The average molecular weight is 248 g/mol. The van der Waals surface area contributed by atoms with E-state index in [0.717, 1.165) is 0 Å². The van der Waals surface area contributed by atoms with Crippen LogP contribution in [0.5, 0.6) is 5.75 Å². The minimum absolute atomic E-state index is 0.0225. The summed E-state index contributed by atoms with van der Waals surface area (Å²) in [7, 11) is -2.72. The molecule has 6 heteroatoms. The van der Waals surface area contributed by atoms with Gasteiger partial charge >= 0.3 is 10.1 Å². The second-order valence-corrected chi connectivity index (χ2v) is 4.62. The Hall–Kier alpha value is -1.14. The maximum Gasteiger partial charge on any atom is 0.304 e. The molecule has 1 aromatic rings. The van der Waals surface area contributed by atoms with Crippen LogP contribution in [0.25, 0.3) is 0 Å². The third-order valence-corrected chi connectivity index (χ3v) is 3.26. The maximum atomic E-state index is 13.6. The molecule has 0 saturated heterocycles. The fourth-order valence-electron chi connectivity index (χ4n) is 1.15. The fraction of sp³-hybridized carbons (Fsp3) is 0.400. The van der Waals surface area contributed by atoms with E-state index in [1.165, 1.54) is 38.3 Å². The highest BCUT2D eigenvalue weighted by atomic mass is 32.2. The van der Waals surface area contributed by atoms with Crippen LogP contribution in [0.15, 0.2) is 24.3 Å². The van der Waals surface area contributed by atoms with E-state index < -0.39 is 15.6 Å². The Labute approximate surface area is 94.1 Å². The number of ether oxygens (including phenoxy) is 1. The minimum Gasteiger partial charge on any atom is -0.497 e. The van der Waals surface area contributed by atoms with Crippen molar-refractivity contribution in [1.29, 1.82) is 0 Å². The van der Waals surface area contributed by atoms with Gasteiger partial charge in [-0.05, 0) is 19.1 Å². The van der Waals surface area contributed by atoms with Gasteiger partial charge in [-0.15, -0.1) is 0 Å². The van der Waals surface area contributed by atoms with Crippen LogP contribution in [0.4, 0.5) is 4.39 Å². The summed E-state index contributed by atoms with van der Waals surface area (Å²) in [4.78, 5) is 0. The molecule has 4 nitrogen and oxygen atoms in total. The largest absolute Gasteiger partial charge is 0.497 e. The maximum absolute atomic E-state index is 13.6. The van der Waals surface area contributed by atoms with Gasteiger partial charge in [-0.25, -0.2) is 4.39 Å². The third-order valence-electron chi connectivity index (χ3n) is 1.91. The van der Waals surface area contributed by atoms with Gasteiger partial charge in [0.25, 0.3) is 5.50 Å². The van der Waals surface area contributed by atoms with Gasteiger partial charge in [0.05, 0.1) is 13.7 Å². The van der Waals surface area contributed by atoms with E-state index in [0.29, 0.717) is 5.75 Å². The Balaban J connectivity index is 2.92. The van der Waals surface area contributed by atoms with Gasteiger partial charge in [0.2, 0.25) is 0 Å². The molecule has 1 aromatic carbocycles. The van der Waals surface area contributed by atoms with Crippen LogP contribution in [0.2, 0.25) is 0 Å². The molecule has 0 heterocycles. The summed E-state index contributed by atoms with van der Waals surface area (Å²) in [6, 6.07) is 5.67. The van der Waals surface area contributed by atoms with Crippen molar-refractivity contribution in [3.63, 3.8) is 0 Å². The van der Waals surface area contributed by atoms with Crippen molar-refractivity contribution in [2.75, 3.05) is 13.7 Å². The summed E-state index contributed by atoms with van der Waals surface area (Å²) in [5, 5.41) is 0. The summed E-state index contributed by atoms with van der Waals surface area (Å²) in [6.45, 7) is 1.40. The molecule has 0 bridgehead atoms. The monoisotopic (exact) mass is 248 g/mol. The normalized spacial score (nSPS) is 13.4. The number of methoxy groups -OCH3 is 1. The highest BCUT2D eigenvalue weighted by molar-refractivity contribution is 7.86. The van der Waals surface area contributed by atoms with Crippen molar-refractivity contribution >= 4 is 10.1 Å². The molecule has 0 N–H and O–H groups in total. The number of benzene rings is 1. The molecule has 0 amide bonds. The lowest BCUT2D eigenvalue weighted by molar-refractivity contribution is 0.300. The highest BCUT2D eigenvalue weighted by Crippen LogP contribution is 2.26. The molecule has 0 aromatic heterocycles. The van der Waals surface area contributed by atoms with E-state index in [2.05, 4.69) is 4.18 Å². The molecule has 1 rings (SSSR count). The van der Waals surface area contributed by atoms with Crippen LogP contribution < -0.4 is 4.74 Å². The molecule has 0 fully saturated rings. The lowest BCUT2D eigenvalue weighted by Gasteiger charge is -2.09. The van der Waals surface area contributed by atoms with Crippen molar-refractivity contribution < 1.29 is 21.7 Å². The number of alkyl halides is 1. The molecule has 90 valence electrons. The predicted octanol–water partition coefficient (Wildman–Crippen LogP) is 2.03. The second kappa shape index (κ2) is 5.27. The van der Waals surface area contributed by atoms with Gasteiger partial charge in [-0.1, -0.05) is 12.1 Å². The fourth-order valence-corrected chi connectivity index (χ4v) is 2.08. The first kappa shape index (κ1) is 12.9. The molecular weight excluding hydrogens is 235 g/mol. The highest BCUT2D eigenvalue weighted by Gasteiger charge is 2.27. The summed E-state index contributed by atoms with van der Waals surface area (Å²) in [5.41, 5.74) is -2.15. The SMILES string of the molecule is CCOS(=O)(=O)C(F)c1ccc(OC)cc1. The molecule has 0 aliphatic rings. The summed E-state index contributed by atoms with van der Waals surface area (Å²) in [5.74, 6) is 0.532. The Morgan fingerprint density at radius 2 is 1.88 bits per heavy atom. The van der Waals surface area contributed by atoms with Crippen molar-refractivity contribution in [1.82, 2.24) is 0 Å². The molecular formula is C10H13FO4S. The van der Waals surface area contributed by atoms with Crippen molar-refractivity contribution in [2.45, 2.75) is 12.4 Å². The molecule has 0 saturated carbocycles. The van der Waals surface area contributed by atoms with Crippen molar-refractivity contribution in [3.05, 3.63) is 29.8 Å². The van der Waals surface area contributed by atoms with Gasteiger partial charge in [-0.3, -0.25) is 4.18 Å². The quantitative estimate of drug-likeness (QED) is 0.748. The third kappa shape index (κ3) is 2.93. The molecule has 0 radical (unpaired) electrons. The smallest absolute Gasteiger partial charge is 0.304 e. The van der Waals surface area contributed by atoms with Crippen molar-refractivity contribution in [3.8, 4) is 5.75 Å². The molecule has 0 spiro atoms. The standard InChI is InChI=1S/C10H13FO4S/c1-3-15-16(12,13)10(11)8-4-6-9(14-2)7-5-8/h4-7,10H,3H2,1-2H3. The lowest BCUT2D eigenvalue weighted by Crippen LogP contribution is -2.12. The van der Waals surface area contributed by atoms with Crippen LogP contribution in [-0.4, -0.2) is 22.1 Å². The van der Waals surface area contributed by atoms with Gasteiger partial charge in [-0.2, -0.15) is 8.42 Å². The first-order chi connectivity index (χ1) is 7.51. The molecule has 1 unspecified atom stereocenters. The first-order valence-electron chi connectivity index (χ1n) is 4.67. The van der Waals surface area contributed by atoms with E-state index in [4.69, 9.17) is 4.74 Å². The topological polar surface area (TPSA) is 52.6 Å². The van der Waals surface area contributed by atoms with Gasteiger partial charge in [0.1, 0.15) is 5.75 Å². The van der Waals surface area contributed by atoms with E-state index in [1.807, 2.05) is 0 Å². The minimum atomic E-state index is -4.19.